The fraction of sp³-hybridized carbons (Fsp3) is 0.667. The third kappa shape index (κ3) is 4.37. The molecule has 0 bridgehead atoms. The number of carbonyl (C=O) groups excluding carboxylic acids is 3. The number of hydrogen-bond donors (Lipinski definition) is 0. The summed E-state index contributed by atoms with van der Waals surface area (Å²) in [4.78, 5) is 38.9. The number of nitrogens with zero attached hydrogens (tertiary/aromatic N) is 4. The van der Waals surface area contributed by atoms with Crippen LogP contribution in [0, 0.1) is 11.5 Å². The number of nitriles is 1. The van der Waals surface area contributed by atoms with E-state index in [-0.39, 0.29) is 12.1 Å². The number of isocyanates is 1. The van der Waals surface area contributed by atoms with E-state index < -0.39 is 0 Å². The van der Waals surface area contributed by atoms with E-state index in [1.165, 1.54) is 15.9 Å². The number of aliphatic imine (C=N–C) groups is 1. The molecule has 0 atom stereocenters. The van der Waals surface area contributed by atoms with Crippen molar-refractivity contribution >= 4 is 18.1 Å². The normalized spacial score (nSPS) is 13.6. The molecule has 8 heteroatoms. The number of amides is 4. The molecule has 0 aromatic carbocycles. The molecule has 0 radical (unpaired) electrons. The highest BCUT2D eigenvalue weighted by Gasteiger charge is 2.42. The molecule has 1 saturated heterocycles. The molecule has 1 rings (SSSR count). The maximum absolute atomic E-state index is 11.7. The molecule has 1 aliphatic heterocycles. The lowest BCUT2D eigenvalue weighted by Crippen LogP contribution is -2.64. The Morgan fingerprint density at radius 3 is 2.20 bits per heavy atom. The second kappa shape index (κ2) is 8.67. The minimum atomic E-state index is -0.296. The van der Waals surface area contributed by atoms with Crippen LogP contribution < -0.4 is 0 Å². The maximum atomic E-state index is 11.7. The van der Waals surface area contributed by atoms with Gasteiger partial charge < -0.3 is 4.74 Å². The van der Waals surface area contributed by atoms with Crippen molar-refractivity contribution in [1.82, 2.24) is 9.80 Å². The molecule has 0 unspecified atom stereocenters. The number of hydrogen-bond acceptors (Lipinski definition) is 6. The van der Waals surface area contributed by atoms with Gasteiger partial charge in [0.25, 0.3) is 6.26 Å². The predicted molar refractivity (Wildman–Crippen MR) is 67.2 cm³/mol. The molecule has 20 heavy (non-hydrogen) atoms. The molecule has 1 heterocycles. The third-order valence-corrected chi connectivity index (χ3v) is 2.83. The van der Waals surface area contributed by atoms with Gasteiger partial charge in [-0.1, -0.05) is 0 Å². The van der Waals surface area contributed by atoms with Crippen molar-refractivity contribution in [2.75, 3.05) is 26.2 Å². The van der Waals surface area contributed by atoms with Crippen LogP contribution in [0.25, 0.3) is 0 Å². The van der Waals surface area contributed by atoms with Crippen LogP contribution in [-0.4, -0.2) is 54.2 Å². The van der Waals surface area contributed by atoms with Crippen molar-refractivity contribution in [1.29, 1.82) is 5.26 Å². The van der Waals surface area contributed by atoms with Gasteiger partial charge in [0.2, 0.25) is 6.08 Å². The number of rotatable bonds is 10. The van der Waals surface area contributed by atoms with Crippen molar-refractivity contribution in [2.24, 2.45) is 4.99 Å². The molecule has 0 saturated carbocycles. The lowest BCUT2D eigenvalue weighted by atomic mass is 10.2. The van der Waals surface area contributed by atoms with Crippen LogP contribution in [0.2, 0.25) is 0 Å². The molecular formula is C12H16N4O4. The van der Waals surface area contributed by atoms with Gasteiger partial charge in [-0.05, 0) is 25.7 Å². The quantitative estimate of drug-likeness (QED) is 0.259. The van der Waals surface area contributed by atoms with E-state index in [1.54, 1.807) is 6.26 Å². The van der Waals surface area contributed by atoms with Gasteiger partial charge in [-0.3, -0.25) is 0 Å². The third-order valence-electron chi connectivity index (χ3n) is 2.83. The summed E-state index contributed by atoms with van der Waals surface area (Å²) >= 11 is 0. The fourth-order valence-electron chi connectivity index (χ4n) is 1.79. The summed E-state index contributed by atoms with van der Waals surface area (Å²) in [6, 6.07) is -0.592. The van der Waals surface area contributed by atoms with Crippen LogP contribution in [0.4, 0.5) is 9.59 Å². The largest absolute Gasteiger partial charge is 0.428 e. The lowest BCUT2D eigenvalue weighted by molar-refractivity contribution is 0.103. The number of urea groups is 2. The van der Waals surface area contributed by atoms with E-state index in [9.17, 15) is 14.4 Å². The van der Waals surface area contributed by atoms with E-state index in [4.69, 9.17) is 5.26 Å². The molecule has 4 amide bonds. The van der Waals surface area contributed by atoms with Crippen LogP contribution in [-0.2, 0) is 9.53 Å². The van der Waals surface area contributed by atoms with Crippen molar-refractivity contribution < 1.29 is 19.1 Å². The van der Waals surface area contributed by atoms with Crippen molar-refractivity contribution in [3.8, 4) is 6.26 Å². The minimum Gasteiger partial charge on any atom is -0.428 e. The van der Waals surface area contributed by atoms with E-state index in [0.717, 1.165) is 0 Å². The zero-order valence-corrected chi connectivity index (χ0v) is 11.1. The Hall–Kier alpha value is -2.39. The van der Waals surface area contributed by atoms with Gasteiger partial charge in [0.05, 0.1) is 6.54 Å². The van der Waals surface area contributed by atoms with Gasteiger partial charge in [0.1, 0.15) is 6.61 Å². The highest BCUT2D eigenvalue weighted by Crippen LogP contribution is 2.17. The highest BCUT2D eigenvalue weighted by atomic mass is 16.5. The van der Waals surface area contributed by atoms with Crippen molar-refractivity contribution in [2.45, 2.75) is 25.7 Å². The molecule has 0 aromatic rings. The number of imide groups is 2. The first-order valence-electron chi connectivity index (χ1n) is 6.40. The zero-order valence-electron chi connectivity index (χ0n) is 11.1. The molecular weight excluding hydrogens is 264 g/mol. The van der Waals surface area contributed by atoms with Crippen LogP contribution in [0.15, 0.2) is 4.99 Å². The van der Waals surface area contributed by atoms with Crippen LogP contribution >= 0.6 is 0 Å². The Balaban J connectivity index is 2.15. The Labute approximate surface area is 116 Å². The summed E-state index contributed by atoms with van der Waals surface area (Å²) in [5.41, 5.74) is 0. The first kappa shape index (κ1) is 15.7. The van der Waals surface area contributed by atoms with Crippen LogP contribution in [0.3, 0.4) is 0 Å². The van der Waals surface area contributed by atoms with Gasteiger partial charge in [-0.25, -0.2) is 29.2 Å². The summed E-state index contributed by atoms with van der Waals surface area (Å²) in [5, 5.41) is 8.16. The smallest absolute Gasteiger partial charge is 0.336 e. The first-order valence-corrected chi connectivity index (χ1v) is 6.40. The Morgan fingerprint density at radius 1 is 1.05 bits per heavy atom. The summed E-state index contributed by atoms with van der Waals surface area (Å²) in [6.07, 6.45) is 5.48. The molecule has 0 aromatic heterocycles. The maximum Gasteiger partial charge on any atom is 0.336 e. The molecule has 0 N–H and O–H groups in total. The topological polar surface area (TPSA) is 103 Å². The van der Waals surface area contributed by atoms with Crippen molar-refractivity contribution in [3.63, 3.8) is 0 Å². The Kier molecular flexibility index (Phi) is 6.79. The van der Waals surface area contributed by atoms with E-state index >= 15 is 0 Å². The molecule has 1 fully saturated rings. The summed E-state index contributed by atoms with van der Waals surface area (Å²) < 4.78 is 4.50. The zero-order chi connectivity index (χ0) is 14.8. The van der Waals surface area contributed by atoms with Gasteiger partial charge in [-0.15, -0.1) is 0 Å². The van der Waals surface area contributed by atoms with Gasteiger partial charge in [-0.2, -0.15) is 5.26 Å². The number of carbonyl (C=O) groups is 2. The summed E-state index contributed by atoms with van der Waals surface area (Å²) in [5.74, 6) is 0. The molecule has 0 aliphatic carbocycles. The van der Waals surface area contributed by atoms with Gasteiger partial charge >= 0.3 is 12.1 Å². The minimum absolute atomic E-state index is 0.296. The van der Waals surface area contributed by atoms with Crippen LogP contribution in [0.5, 0.6) is 0 Å². The summed E-state index contributed by atoms with van der Waals surface area (Å²) in [6.45, 7) is 1.36. The molecule has 0 spiro atoms. The Bertz CT molecular complexity index is 423. The van der Waals surface area contributed by atoms with Crippen molar-refractivity contribution in [3.05, 3.63) is 0 Å². The second-order valence-corrected chi connectivity index (χ2v) is 4.20. The van der Waals surface area contributed by atoms with E-state index in [0.29, 0.717) is 51.9 Å². The van der Waals surface area contributed by atoms with Crippen LogP contribution in [0.1, 0.15) is 25.7 Å². The first-order chi connectivity index (χ1) is 9.72. The molecule has 1 aliphatic rings. The highest BCUT2D eigenvalue weighted by molar-refractivity contribution is 6.11. The van der Waals surface area contributed by atoms with E-state index in [2.05, 4.69) is 9.73 Å². The molecule has 8 nitrogen and oxygen atoms in total. The fourth-order valence-corrected chi connectivity index (χ4v) is 1.79. The van der Waals surface area contributed by atoms with Gasteiger partial charge in [0, 0.05) is 13.1 Å². The monoisotopic (exact) mass is 280 g/mol. The lowest BCUT2D eigenvalue weighted by Gasteiger charge is -2.39. The summed E-state index contributed by atoms with van der Waals surface area (Å²) in [7, 11) is 0. The number of ether oxygens (including phenoxy) is 1. The SMILES string of the molecule is N#COCCCCN1C(=O)N(CCCCN=C=O)C1=O. The second-order valence-electron chi connectivity index (χ2n) is 4.20. The molecule has 108 valence electrons. The average molecular weight is 280 g/mol. The average Bonchev–Trinajstić information content (AvgIpc) is 2.46. The van der Waals surface area contributed by atoms with E-state index in [1.807, 2.05) is 0 Å². The Morgan fingerprint density at radius 2 is 1.65 bits per heavy atom. The van der Waals surface area contributed by atoms with Gasteiger partial charge in [0.15, 0.2) is 0 Å². The standard InChI is InChI=1S/C12H16N4O4/c13-9-20-8-4-3-7-16-11(18)15(12(16)19)6-2-1-5-14-10-17/h1-8H2. The number of unbranched alkanes of at least 4 members (excludes halogenated alkanes) is 2. The predicted octanol–water partition coefficient (Wildman–Crippen LogP) is 1.24.